The van der Waals surface area contributed by atoms with Crippen molar-refractivity contribution >= 4 is 34.3 Å². The number of hydrogen-bond donors (Lipinski definition) is 3. The van der Waals surface area contributed by atoms with E-state index in [0.717, 1.165) is 34.9 Å². The summed E-state index contributed by atoms with van der Waals surface area (Å²) in [5.41, 5.74) is 3.84. The number of carboxylic acids is 1. The van der Waals surface area contributed by atoms with Crippen LogP contribution in [0, 0.1) is 19.3 Å². The molecule has 0 bridgehead atoms. The molecule has 13 heteroatoms. The van der Waals surface area contributed by atoms with Crippen LogP contribution in [-0.4, -0.2) is 52.3 Å². The molecule has 0 unspecified atom stereocenters. The maximum atomic E-state index is 13.3. The first-order valence-corrected chi connectivity index (χ1v) is 15.2. The summed E-state index contributed by atoms with van der Waals surface area (Å²) in [6, 6.07) is 16.2. The largest absolute Gasteiger partial charge is 0.478 e. The molecular formula is C31H37ClN6O5S. The highest BCUT2D eigenvalue weighted by Gasteiger charge is 2.22. The highest BCUT2D eigenvalue weighted by Crippen LogP contribution is 2.30. The van der Waals surface area contributed by atoms with Crippen molar-refractivity contribution in [3.63, 3.8) is 0 Å². The number of carbonyl (C=O) groups is 1. The number of benzene rings is 2. The van der Waals surface area contributed by atoms with E-state index in [9.17, 15) is 18.3 Å². The average molecular weight is 641 g/mol. The second-order valence-corrected chi connectivity index (χ2v) is 13.2. The zero-order chi connectivity index (χ0) is 31.2. The van der Waals surface area contributed by atoms with Crippen molar-refractivity contribution in [1.29, 1.82) is 0 Å². The molecule has 0 spiro atoms. The summed E-state index contributed by atoms with van der Waals surface area (Å²) in [7, 11) is -4.22. The van der Waals surface area contributed by atoms with Crippen LogP contribution in [0.25, 0.3) is 11.3 Å². The number of ether oxygens (including phenoxy) is 1. The molecule has 3 N–H and O–H groups in total. The van der Waals surface area contributed by atoms with Gasteiger partial charge in [0.25, 0.3) is 10.0 Å². The summed E-state index contributed by atoms with van der Waals surface area (Å²) < 4.78 is 35.1. The molecule has 0 aliphatic rings. The highest BCUT2D eigenvalue weighted by atomic mass is 35.5. The molecule has 1 atom stereocenters. The molecule has 0 saturated carbocycles. The third-order valence-electron chi connectivity index (χ3n) is 6.55. The molecule has 0 aliphatic carbocycles. The molecule has 0 radical (unpaired) electrons. The molecule has 0 aliphatic heterocycles. The lowest BCUT2D eigenvalue weighted by molar-refractivity contribution is 0.0696. The predicted octanol–water partition coefficient (Wildman–Crippen LogP) is 5.44. The molecule has 0 saturated heterocycles. The quantitative estimate of drug-likeness (QED) is 0.182. The Morgan fingerprint density at radius 1 is 1.00 bits per heavy atom. The van der Waals surface area contributed by atoms with Gasteiger partial charge in [0.2, 0.25) is 11.8 Å². The van der Waals surface area contributed by atoms with Gasteiger partial charge in [-0.2, -0.15) is 15.2 Å². The predicted molar refractivity (Wildman–Crippen MR) is 171 cm³/mol. The van der Waals surface area contributed by atoms with Gasteiger partial charge in [-0.15, -0.1) is 12.4 Å². The van der Waals surface area contributed by atoms with Crippen LogP contribution in [0.1, 0.15) is 54.4 Å². The molecule has 2 aromatic heterocycles. The Balaban J connectivity index is 0.00000529. The normalized spacial score (nSPS) is 12.2. The first kappa shape index (κ1) is 34.4. The van der Waals surface area contributed by atoms with E-state index in [-0.39, 0.29) is 52.8 Å². The van der Waals surface area contributed by atoms with Crippen LogP contribution in [0.5, 0.6) is 5.88 Å². The lowest BCUT2D eigenvalue weighted by Gasteiger charge is -2.27. The number of rotatable bonds is 12. The van der Waals surface area contributed by atoms with E-state index in [1.807, 2.05) is 44.2 Å². The number of aryl methyl sites for hydroxylation is 2. The number of carboxylic acid groups (broad SMARTS) is 1. The van der Waals surface area contributed by atoms with Gasteiger partial charge in [-0.3, -0.25) is 0 Å². The Morgan fingerprint density at radius 3 is 2.34 bits per heavy atom. The molecular weight excluding hydrogens is 604 g/mol. The number of sulfonamides is 1. The molecule has 11 nitrogen and oxygen atoms in total. The molecule has 2 heterocycles. The van der Waals surface area contributed by atoms with Crippen LogP contribution in [-0.2, 0) is 16.6 Å². The number of hydrogen-bond acceptors (Lipinski definition) is 9. The monoisotopic (exact) mass is 640 g/mol. The number of halogens is 1. The minimum absolute atomic E-state index is 0. The zero-order valence-electron chi connectivity index (χ0n) is 25.2. The van der Waals surface area contributed by atoms with E-state index >= 15 is 0 Å². The SMILES string of the molecule is Cc1cccc(C)c1-c1cc(OC[C@@H](CC(C)(C)C)NCc2cccnn2)nc(NS(=O)(=O)c2cccc(C(=O)O)c2)n1.Cl. The molecule has 0 fully saturated rings. The number of nitrogens with one attached hydrogen (secondary N) is 2. The Hall–Kier alpha value is -4.13. The topological polar surface area (TPSA) is 156 Å². The van der Waals surface area contributed by atoms with E-state index in [1.54, 1.807) is 12.3 Å². The zero-order valence-corrected chi connectivity index (χ0v) is 26.9. The minimum Gasteiger partial charge on any atom is -0.478 e. The Morgan fingerprint density at radius 2 is 1.70 bits per heavy atom. The third-order valence-corrected chi connectivity index (χ3v) is 7.87. The number of aromatic nitrogens is 4. The van der Waals surface area contributed by atoms with Crippen molar-refractivity contribution in [1.82, 2.24) is 25.5 Å². The fraction of sp³-hybridized carbons (Fsp3) is 0.323. The summed E-state index contributed by atoms with van der Waals surface area (Å²) in [6.07, 6.45) is 2.40. The minimum atomic E-state index is -4.22. The Labute approximate surface area is 264 Å². The smallest absolute Gasteiger partial charge is 0.335 e. The van der Waals surface area contributed by atoms with Crippen LogP contribution in [0.4, 0.5) is 5.95 Å². The Bertz CT molecular complexity index is 1680. The van der Waals surface area contributed by atoms with Crippen molar-refractivity contribution in [2.45, 2.75) is 58.5 Å². The summed E-state index contributed by atoms with van der Waals surface area (Å²) in [5.74, 6) is -1.25. The summed E-state index contributed by atoms with van der Waals surface area (Å²) >= 11 is 0. The fourth-order valence-corrected chi connectivity index (χ4v) is 5.65. The molecule has 0 amide bonds. The van der Waals surface area contributed by atoms with Crippen LogP contribution in [0.2, 0.25) is 0 Å². The summed E-state index contributed by atoms with van der Waals surface area (Å²) in [5, 5.41) is 20.9. The molecule has 44 heavy (non-hydrogen) atoms. The standard InChI is InChI=1S/C31H36N6O5S.ClH/c1-20-9-6-10-21(2)28(20)26-16-27(42-19-24(17-31(3,4)5)32-18-23-12-8-14-33-36-23)35-30(34-26)37-43(40,41)25-13-7-11-22(15-25)29(38)39;/h6-16,24,32H,17-19H2,1-5H3,(H,38,39)(H,34,35,37);1H/t24-;/m1./s1. The van der Waals surface area contributed by atoms with Gasteiger partial charge >= 0.3 is 5.97 Å². The van der Waals surface area contributed by atoms with Crippen LogP contribution >= 0.6 is 12.4 Å². The van der Waals surface area contributed by atoms with E-state index < -0.39 is 16.0 Å². The summed E-state index contributed by atoms with van der Waals surface area (Å²) in [6.45, 7) is 11.0. The van der Waals surface area contributed by atoms with Crippen LogP contribution < -0.4 is 14.8 Å². The van der Waals surface area contributed by atoms with Crippen molar-refractivity contribution in [3.05, 3.63) is 89.2 Å². The van der Waals surface area contributed by atoms with Gasteiger partial charge in [0.1, 0.15) is 6.61 Å². The molecule has 4 aromatic rings. The van der Waals surface area contributed by atoms with Crippen LogP contribution in [0.15, 0.2) is 71.8 Å². The lowest BCUT2D eigenvalue weighted by Crippen LogP contribution is -2.37. The molecule has 2 aromatic carbocycles. The van der Waals surface area contributed by atoms with E-state index in [2.05, 4.69) is 51.0 Å². The van der Waals surface area contributed by atoms with Gasteiger partial charge in [0, 0.05) is 30.4 Å². The van der Waals surface area contributed by atoms with E-state index in [4.69, 9.17) is 4.74 Å². The fourth-order valence-electron chi connectivity index (χ4n) is 4.66. The highest BCUT2D eigenvalue weighted by molar-refractivity contribution is 7.92. The Kier molecular flexibility index (Phi) is 11.4. The number of nitrogens with zero attached hydrogens (tertiary/aromatic N) is 4. The van der Waals surface area contributed by atoms with E-state index in [0.29, 0.717) is 12.2 Å². The third kappa shape index (κ3) is 9.43. The van der Waals surface area contributed by atoms with Gasteiger partial charge in [0.15, 0.2) is 0 Å². The van der Waals surface area contributed by atoms with Gasteiger partial charge in [-0.05, 0) is 67.1 Å². The van der Waals surface area contributed by atoms with Crippen molar-refractivity contribution in [2.24, 2.45) is 5.41 Å². The number of aromatic carboxylic acids is 1. The van der Waals surface area contributed by atoms with Gasteiger partial charge in [-0.25, -0.2) is 22.9 Å². The molecule has 234 valence electrons. The van der Waals surface area contributed by atoms with Crippen molar-refractivity contribution < 1.29 is 23.1 Å². The maximum absolute atomic E-state index is 13.3. The van der Waals surface area contributed by atoms with Gasteiger partial charge < -0.3 is 15.2 Å². The lowest BCUT2D eigenvalue weighted by atomic mass is 9.88. The maximum Gasteiger partial charge on any atom is 0.335 e. The second-order valence-electron chi connectivity index (χ2n) is 11.5. The van der Waals surface area contributed by atoms with Gasteiger partial charge in [0.05, 0.1) is 21.8 Å². The second kappa shape index (κ2) is 14.6. The van der Waals surface area contributed by atoms with Crippen LogP contribution in [0.3, 0.4) is 0 Å². The molecule has 4 rings (SSSR count). The summed E-state index contributed by atoms with van der Waals surface area (Å²) in [4.78, 5) is 20.1. The first-order valence-electron chi connectivity index (χ1n) is 13.8. The van der Waals surface area contributed by atoms with Gasteiger partial charge in [-0.1, -0.05) is 45.0 Å². The van der Waals surface area contributed by atoms with Crippen molar-refractivity contribution in [2.75, 3.05) is 11.3 Å². The van der Waals surface area contributed by atoms with Crippen molar-refractivity contribution in [3.8, 4) is 17.1 Å². The van der Waals surface area contributed by atoms with E-state index in [1.165, 1.54) is 18.2 Å². The first-order chi connectivity index (χ1) is 20.3. The average Bonchev–Trinajstić information content (AvgIpc) is 2.94. The number of anilines is 1.